The van der Waals surface area contributed by atoms with Gasteiger partial charge in [-0.15, -0.1) is 0 Å². The smallest absolute Gasteiger partial charge is 0.257 e. The number of amides is 2. The second-order valence-electron chi connectivity index (χ2n) is 8.68. The van der Waals surface area contributed by atoms with Gasteiger partial charge in [0, 0.05) is 30.5 Å². The third-order valence-corrected chi connectivity index (χ3v) is 6.85. The molecule has 2 N–H and O–H groups in total. The van der Waals surface area contributed by atoms with Crippen molar-refractivity contribution in [3.63, 3.8) is 0 Å². The Labute approximate surface area is 203 Å². The fraction of sp³-hybridized carbons (Fsp3) is 0.222. The van der Waals surface area contributed by atoms with E-state index in [-0.39, 0.29) is 11.8 Å². The monoisotopic (exact) mass is 472 g/mol. The van der Waals surface area contributed by atoms with Gasteiger partial charge in [-0.25, -0.2) is 0 Å². The van der Waals surface area contributed by atoms with E-state index < -0.39 is 6.17 Å². The molecule has 34 heavy (non-hydrogen) atoms. The van der Waals surface area contributed by atoms with Crippen LogP contribution in [0.1, 0.15) is 39.1 Å². The van der Waals surface area contributed by atoms with Crippen molar-refractivity contribution in [2.75, 3.05) is 6.54 Å². The van der Waals surface area contributed by atoms with Crippen molar-refractivity contribution in [1.29, 1.82) is 0 Å². The predicted molar refractivity (Wildman–Crippen MR) is 133 cm³/mol. The van der Waals surface area contributed by atoms with Crippen LogP contribution in [-0.4, -0.2) is 39.4 Å². The number of aromatic nitrogens is 2. The van der Waals surface area contributed by atoms with E-state index in [9.17, 15) is 9.59 Å². The molecule has 2 aromatic heterocycles. The molecule has 2 atom stereocenters. The fourth-order valence-corrected chi connectivity index (χ4v) is 5.01. The molecule has 7 heteroatoms. The number of benzene rings is 2. The lowest BCUT2D eigenvalue weighted by atomic mass is 9.88. The molecule has 0 aliphatic carbocycles. The molecule has 4 aromatic rings. The van der Waals surface area contributed by atoms with Crippen molar-refractivity contribution in [1.82, 2.24) is 20.2 Å². The Morgan fingerprint density at radius 2 is 1.94 bits per heavy atom. The maximum atomic E-state index is 13.3. The van der Waals surface area contributed by atoms with Crippen molar-refractivity contribution >= 4 is 34.3 Å². The average molecular weight is 473 g/mol. The minimum atomic E-state index is -0.446. The highest BCUT2D eigenvalue weighted by molar-refractivity contribution is 6.38. The molecule has 172 valence electrons. The number of hydrogen-bond acceptors (Lipinski definition) is 3. The summed E-state index contributed by atoms with van der Waals surface area (Å²) >= 11 is 6.55. The van der Waals surface area contributed by atoms with Crippen molar-refractivity contribution in [3.05, 3.63) is 101 Å². The summed E-state index contributed by atoms with van der Waals surface area (Å²) in [5.74, 6) is -0.0923. The third-order valence-electron chi connectivity index (χ3n) is 6.45. The molecule has 5 rings (SSSR count). The summed E-state index contributed by atoms with van der Waals surface area (Å²) in [6.07, 6.45) is 6.98. The highest BCUT2D eigenvalue weighted by atomic mass is 35.5. The first kappa shape index (κ1) is 22.2. The van der Waals surface area contributed by atoms with Gasteiger partial charge in [0.25, 0.3) is 11.8 Å². The fourth-order valence-electron chi connectivity index (χ4n) is 4.70. The molecule has 0 radical (unpaired) electrons. The van der Waals surface area contributed by atoms with Crippen LogP contribution < -0.4 is 5.32 Å². The summed E-state index contributed by atoms with van der Waals surface area (Å²) in [6, 6.07) is 19.3. The van der Waals surface area contributed by atoms with Gasteiger partial charge in [-0.1, -0.05) is 48.0 Å². The Hall–Kier alpha value is -3.64. The van der Waals surface area contributed by atoms with Gasteiger partial charge in [0.1, 0.15) is 6.17 Å². The van der Waals surface area contributed by atoms with Crippen LogP contribution in [0.5, 0.6) is 0 Å². The van der Waals surface area contributed by atoms with Gasteiger partial charge in [0.2, 0.25) is 0 Å². The van der Waals surface area contributed by atoms with E-state index in [0.29, 0.717) is 35.0 Å². The zero-order valence-electron chi connectivity index (χ0n) is 18.6. The number of aromatic amines is 1. The van der Waals surface area contributed by atoms with Crippen LogP contribution in [0.15, 0.2) is 79.3 Å². The molecule has 1 aliphatic rings. The lowest BCUT2D eigenvalue weighted by Crippen LogP contribution is -2.55. The topological polar surface area (TPSA) is 78.1 Å². The first-order chi connectivity index (χ1) is 16.6. The minimum absolute atomic E-state index is 0.137. The number of hydrogen-bond donors (Lipinski definition) is 2. The second-order valence-corrected chi connectivity index (χ2v) is 9.06. The number of H-pyrrole nitrogens is 1. The number of pyridine rings is 1. The first-order valence-corrected chi connectivity index (χ1v) is 11.8. The average Bonchev–Trinajstić information content (AvgIpc) is 3.35. The van der Waals surface area contributed by atoms with E-state index in [1.165, 1.54) is 5.56 Å². The molecular weight excluding hydrogens is 448 g/mol. The highest BCUT2D eigenvalue weighted by Crippen LogP contribution is 2.29. The Morgan fingerprint density at radius 1 is 1.09 bits per heavy atom. The van der Waals surface area contributed by atoms with E-state index >= 15 is 0 Å². The predicted octanol–water partition coefficient (Wildman–Crippen LogP) is 5.07. The molecule has 2 aromatic carbocycles. The zero-order valence-corrected chi connectivity index (χ0v) is 19.3. The van der Waals surface area contributed by atoms with Gasteiger partial charge < -0.3 is 15.2 Å². The number of rotatable bonds is 5. The van der Waals surface area contributed by atoms with E-state index in [1.54, 1.807) is 41.7 Å². The minimum Gasteiger partial charge on any atom is -0.360 e. The number of fused-ring (bicyclic) bond motifs is 1. The quantitative estimate of drug-likeness (QED) is 0.425. The number of halogens is 1. The zero-order chi connectivity index (χ0) is 23.5. The summed E-state index contributed by atoms with van der Waals surface area (Å²) in [4.78, 5) is 35.5. The molecule has 1 saturated heterocycles. The van der Waals surface area contributed by atoms with Gasteiger partial charge in [0.15, 0.2) is 0 Å². The second kappa shape index (κ2) is 9.69. The van der Waals surface area contributed by atoms with Gasteiger partial charge in [-0.05, 0) is 55.0 Å². The standard InChI is InChI=1S/C27H25ClN4O2/c28-24-22(9-8-20-10-13-30-25(20)24)26(33)31-23-16-19(15-18-5-2-1-3-6-18)11-14-32(23)27(34)21-7-4-12-29-17-21/h1-10,12-13,17,19,23,30H,11,14-16H2,(H,31,33). The van der Waals surface area contributed by atoms with Crippen LogP contribution in [0.25, 0.3) is 10.9 Å². The normalized spacial score (nSPS) is 18.1. The Kier molecular flexibility index (Phi) is 6.32. The largest absolute Gasteiger partial charge is 0.360 e. The highest BCUT2D eigenvalue weighted by Gasteiger charge is 2.34. The maximum Gasteiger partial charge on any atom is 0.257 e. The van der Waals surface area contributed by atoms with Gasteiger partial charge in [-0.2, -0.15) is 0 Å². The van der Waals surface area contributed by atoms with Gasteiger partial charge in [0.05, 0.1) is 21.7 Å². The Balaban J connectivity index is 1.40. The number of carbonyl (C=O) groups excluding carboxylic acids is 2. The summed E-state index contributed by atoms with van der Waals surface area (Å²) < 4.78 is 0. The molecule has 2 unspecified atom stereocenters. The van der Waals surface area contributed by atoms with E-state index in [2.05, 4.69) is 27.4 Å². The molecule has 2 amide bonds. The molecule has 0 spiro atoms. The number of piperidine rings is 1. The van der Waals surface area contributed by atoms with Crippen molar-refractivity contribution in [2.45, 2.75) is 25.4 Å². The summed E-state index contributed by atoms with van der Waals surface area (Å²) in [6.45, 7) is 0.555. The van der Waals surface area contributed by atoms with Gasteiger partial charge in [-0.3, -0.25) is 14.6 Å². The van der Waals surface area contributed by atoms with Crippen molar-refractivity contribution in [2.24, 2.45) is 5.92 Å². The summed E-state index contributed by atoms with van der Waals surface area (Å²) in [7, 11) is 0. The number of nitrogens with one attached hydrogen (secondary N) is 2. The SMILES string of the molecule is O=C(NC1CC(Cc2ccccc2)CCN1C(=O)c1cccnc1)c1ccc2cc[nH]c2c1Cl. The molecule has 1 aliphatic heterocycles. The first-order valence-electron chi connectivity index (χ1n) is 11.4. The van der Waals surface area contributed by atoms with Crippen LogP contribution in [0.4, 0.5) is 0 Å². The van der Waals surface area contributed by atoms with Crippen LogP contribution >= 0.6 is 11.6 Å². The summed E-state index contributed by atoms with van der Waals surface area (Å²) in [5.41, 5.74) is 2.87. The number of nitrogens with zero attached hydrogens (tertiary/aromatic N) is 2. The molecule has 0 bridgehead atoms. The van der Waals surface area contributed by atoms with Crippen LogP contribution in [-0.2, 0) is 6.42 Å². The number of likely N-dealkylation sites (tertiary alicyclic amines) is 1. The molecule has 1 fully saturated rings. The Morgan fingerprint density at radius 3 is 2.74 bits per heavy atom. The van der Waals surface area contributed by atoms with Gasteiger partial charge >= 0.3 is 0 Å². The molecule has 0 saturated carbocycles. The maximum absolute atomic E-state index is 13.3. The Bertz CT molecular complexity index is 1310. The van der Waals surface area contributed by atoms with Crippen LogP contribution in [0, 0.1) is 5.92 Å². The lowest BCUT2D eigenvalue weighted by Gasteiger charge is -2.40. The van der Waals surface area contributed by atoms with Crippen molar-refractivity contribution < 1.29 is 9.59 Å². The van der Waals surface area contributed by atoms with E-state index in [1.807, 2.05) is 30.3 Å². The lowest BCUT2D eigenvalue weighted by molar-refractivity contribution is 0.0464. The molecular formula is C27H25ClN4O2. The van der Waals surface area contributed by atoms with E-state index in [0.717, 1.165) is 23.7 Å². The van der Waals surface area contributed by atoms with Crippen LogP contribution in [0.3, 0.4) is 0 Å². The van der Waals surface area contributed by atoms with Crippen LogP contribution in [0.2, 0.25) is 5.02 Å². The number of carbonyl (C=O) groups is 2. The van der Waals surface area contributed by atoms with E-state index in [4.69, 9.17) is 11.6 Å². The summed E-state index contributed by atoms with van der Waals surface area (Å²) in [5, 5.41) is 4.41. The third kappa shape index (κ3) is 4.54. The molecule has 6 nitrogen and oxygen atoms in total. The van der Waals surface area contributed by atoms with Crippen molar-refractivity contribution in [3.8, 4) is 0 Å². The molecule has 3 heterocycles.